The van der Waals surface area contributed by atoms with Crippen LogP contribution in [-0.4, -0.2) is 9.13 Å². The van der Waals surface area contributed by atoms with Crippen molar-refractivity contribution in [2.45, 2.75) is 0 Å². The third-order valence-electron chi connectivity index (χ3n) is 10.1. The number of nitrogens with zero attached hydrogens (tertiary/aromatic N) is 2. The Labute approximate surface area is 282 Å². The molecule has 0 amide bonds. The minimum absolute atomic E-state index is 0.166. The highest BCUT2D eigenvalue weighted by Gasteiger charge is 2.21. The van der Waals surface area contributed by atoms with Crippen molar-refractivity contribution in [1.82, 2.24) is 9.13 Å². The van der Waals surface area contributed by atoms with Gasteiger partial charge in [-0.15, -0.1) is 0 Å². The van der Waals surface area contributed by atoms with Gasteiger partial charge in [0.2, 0.25) is 10.9 Å². The molecule has 0 N–H and O–H groups in total. The highest BCUT2D eigenvalue weighted by Crippen LogP contribution is 2.40. The van der Waals surface area contributed by atoms with E-state index in [-0.39, 0.29) is 10.9 Å². The van der Waals surface area contributed by atoms with Crippen molar-refractivity contribution in [1.29, 1.82) is 0 Å². The molecule has 4 heterocycles. The molecule has 0 fully saturated rings. The molecule has 50 heavy (non-hydrogen) atoms. The van der Waals surface area contributed by atoms with Crippen LogP contribution in [0.5, 0.6) is 0 Å². The molecule has 0 spiro atoms. The van der Waals surface area contributed by atoms with Crippen LogP contribution >= 0.6 is 0 Å². The van der Waals surface area contributed by atoms with Crippen LogP contribution in [0.25, 0.3) is 98.9 Å². The number of para-hydroxylation sites is 5. The summed E-state index contributed by atoms with van der Waals surface area (Å²) in [5.74, 6) is 0. The second-order valence-electron chi connectivity index (χ2n) is 12.8. The van der Waals surface area contributed by atoms with Crippen LogP contribution in [-0.2, 0) is 0 Å². The van der Waals surface area contributed by atoms with Crippen LogP contribution in [0.4, 0.5) is 0 Å². The molecule has 0 aliphatic carbocycles. The Morgan fingerprint density at radius 3 is 1.62 bits per heavy atom. The molecule has 4 aromatic heterocycles. The summed E-state index contributed by atoms with van der Waals surface area (Å²) in [7, 11) is 0. The summed E-state index contributed by atoms with van der Waals surface area (Å²) in [6, 6.07) is 47.9. The Bertz CT molecular complexity index is 3360. The van der Waals surface area contributed by atoms with Crippen LogP contribution < -0.4 is 10.9 Å². The largest absolute Gasteiger partial charge is 0.456 e. The maximum absolute atomic E-state index is 14.2. The Kier molecular flexibility index (Phi) is 5.31. The highest BCUT2D eigenvalue weighted by molar-refractivity contribution is 6.19. The number of hydrogen-bond donors (Lipinski definition) is 0. The molecule has 6 heteroatoms. The molecule has 0 atom stereocenters. The standard InChI is InChI=1S/C44H24N2O4/c47-42-28-15-6-9-20-39(28)49-40-23-33-41(24-32(40)42)50-44-29(43(33)48)16-10-19-36(44)46-35-18-8-5-14-27(35)31-21-37-30(22-38(31)46)26-13-4-7-17-34(26)45(37)25-11-2-1-3-12-25/h1-24H. The third kappa shape index (κ3) is 3.56. The van der Waals surface area contributed by atoms with Gasteiger partial charge in [0.1, 0.15) is 16.7 Å². The first-order chi connectivity index (χ1) is 24.6. The fraction of sp³-hybridized carbons (Fsp3) is 0. The lowest BCUT2D eigenvalue weighted by atomic mass is 10.1. The van der Waals surface area contributed by atoms with Crippen LogP contribution in [0.3, 0.4) is 0 Å². The van der Waals surface area contributed by atoms with Crippen molar-refractivity contribution >= 4 is 87.5 Å². The van der Waals surface area contributed by atoms with E-state index in [1.807, 2.05) is 36.4 Å². The van der Waals surface area contributed by atoms with E-state index >= 15 is 0 Å². The van der Waals surface area contributed by atoms with Crippen LogP contribution in [0, 0.1) is 0 Å². The number of hydrogen-bond acceptors (Lipinski definition) is 4. The van der Waals surface area contributed by atoms with Gasteiger partial charge < -0.3 is 18.0 Å². The molecule has 0 saturated carbocycles. The van der Waals surface area contributed by atoms with E-state index in [0.717, 1.165) is 55.0 Å². The first-order valence-electron chi connectivity index (χ1n) is 16.5. The first kappa shape index (κ1) is 27.1. The minimum Gasteiger partial charge on any atom is -0.456 e. The third-order valence-corrected chi connectivity index (χ3v) is 10.1. The molecule has 234 valence electrons. The van der Waals surface area contributed by atoms with Crippen LogP contribution in [0.15, 0.2) is 164 Å². The van der Waals surface area contributed by atoms with Gasteiger partial charge in [0.25, 0.3) is 0 Å². The van der Waals surface area contributed by atoms with Crippen molar-refractivity contribution in [2.75, 3.05) is 0 Å². The van der Waals surface area contributed by atoms with Crippen molar-refractivity contribution in [2.24, 2.45) is 0 Å². The van der Waals surface area contributed by atoms with Gasteiger partial charge >= 0.3 is 0 Å². The molecule has 0 saturated heterocycles. The van der Waals surface area contributed by atoms with Crippen LogP contribution in [0.1, 0.15) is 0 Å². The van der Waals surface area contributed by atoms with E-state index in [0.29, 0.717) is 43.9 Å². The Hall–Kier alpha value is -6.92. The zero-order valence-corrected chi connectivity index (χ0v) is 26.4. The number of aromatic nitrogens is 2. The lowest BCUT2D eigenvalue weighted by Crippen LogP contribution is -2.07. The maximum atomic E-state index is 14.2. The zero-order chi connectivity index (χ0) is 33.1. The molecule has 0 bridgehead atoms. The smallest absolute Gasteiger partial charge is 0.200 e. The number of fused-ring (bicyclic) bond motifs is 10. The monoisotopic (exact) mass is 644 g/mol. The average molecular weight is 645 g/mol. The molecule has 0 aliphatic heterocycles. The minimum atomic E-state index is -0.185. The predicted octanol–water partition coefficient (Wildman–Crippen LogP) is 10.4. The van der Waals surface area contributed by atoms with Crippen molar-refractivity contribution in [3.05, 3.63) is 166 Å². The lowest BCUT2D eigenvalue weighted by molar-refractivity contribution is 0.651. The maximum Gasteiger partial charge on any atom is 0.200 e. The molecule has 11 rings (SSSR count). The number of benzene rings is 7. The summed E-state index contributed by atoms with van der Waals surface area (Å²) in [6.45, 7) is 0. The van der Waals surface area contributed by atoms with Crippen molar-refractivity contribution in [3.63, 3.8) is 0 Å². The molecule has 0 radical (unpaired) electrons. The van der Waals surface area contributed by atoms with Gasteiger partial charge in [0, 0.05) is 27.2 Å². The zero-order valence-electron chi connectivity index (χ0n) is 26.4. The van der Waals surface area contributed by atoms with E-state index in [4.69, 9.17) is 8.83 Å². The van der Waals surface area contributed by atoms with E-state index in [1.54, 1.807) is 30.3 Å². The fourth-order valence-electron chi connectivity index (χ4n) is 7.88. The van der Waals surface area contributed by atoms with Crippen molar-refractivity contribution < 1.29 is 8.83 Å². The van der Waals surface area contributed by atoms with E-state index in [9.17, 15) is 9.59 Å². The molecular weight excluding hydrogens is 620 g/mol. The predicted molar refractivity (Wildman–Crippen MR) is 202 cm³/mol. The number of rotatable bonds is 2. The average Bonchev–Trinajstić information content (AvgIpc) is 3.66. The quantitative estimate of drug-likeness (QED) is 0.176. The summed E-state index contributed by atoms with van der Waals surface area (Å²) < 4.78 is 17.3. The lowest BCUT2D eigenvalue weighted by Gasteiger charge is -2.12. The Balaban J connectivity index is 1.26. The second kappa shape index (κ2) is 9.81. The summed E-state index contributed by atoms with van der Waals surface area (Å²) in [5.41, 5.74) is 7.32. The van der Waals surface area contributed by atoms with Crippen LogP contribution in [0.2, 0.25) is 0 Å². The van der Waals surface area contributed by atoms with Gasteiger partial charge in [0.05, 0.1) is 49.3 Å². The molecule has 0 aliphatic rings. The van der Waals surface area contributed by atoms with Gasteiger partial charge in [-0.2, -0.15) is 0 Å². The van der Waals surface area contributed by atoms with Gasteiger partial charge in [-0.3, -0.25) is 9.59 Å². The van der Waals surface area contributed by atoms with Gasteiger partial charge in [0.15, 0.2) is 5.58 Å². The fourth-order valence-corrected chi connectivity index (χ4v) is 7.88. The topological polar surface area (TPSA) is 70.3 Å². The summed E-state index contributed by atoms with van der Waals surface area (Å²) in [4.78, 5) is 27.7. The van der Waals surface area contributed by atoms with E-state index < -0.39 is 0 Å². The summed E-state index contributed by atoms with van der Waals surface area (Å²) in [5, 5.41) is 6.10. The van der Waals surface area contributed by atoms with E-state index in [1.165, 1.54) is 0 Å². The summed E-state index contributed by atoms with van der Waals surface area (Å²) >= 11 is 0. The Morgan fingerprint density at radius 1 is 0.360 bits per heavy atom. The molecule has 0 unspecified atom stereocenters. The second-order valence-corrected chi connectivity index (χ2v) is 12.8. The SMILES string of the molecule is O=c1c2ccccc2oc2cc3c(=O)c4cccc(-n5c6ccccc6c6cc7c(cc65)c5ccccc5n7-c5ccccc5)c4oc3cc12. The molecular formula is C44H24N2O4. The Morgan fingerprint density at radius 2 is 0.900 bits per heavy atom. The van der Waals surface area contributed by atoms with Gasteiger partial charge in [-0.25, -0.2) is 0 Å². The normalized spacial score (nSPS) is 12.2. The van der Waals surface area contributed by atoms with E-state index in [2.05, 4.69) is 88.0 Å². The first-order valence-corrected chi connectivity index (χ1v) is 16.5. The molecule has 11 aromatic rings. The van der Waals surface area contributed by atoms with Gasteiger partial charge in [-0.05, 0) is 72.8 Å². The molecule has 7 aromatic carbocycles. The van der Waals surface area contributed by atoms with Crippen molar-refractivity contribution in [3.8, 4) is 11.4 Å². The summed E-state index contributed by atoms with van der Waals surface area (Å²) in [6.07, 6.45) is 0. The van der Waals surface area contributed by atoms with Gasteiger partial charge in [-0.1, -0.05) is 72.8 Å². The highest BCUT2D eigenvalue weighted by atomic mass is 16.3. The molecule has 6 nitrogen and oxygen atoms in total.